The van der Waals surface area contributed by atoms with E-state index in [1.54, 1.807) is 6.07 Å². The smallest absolute Gasteiger partial charge is 0.143 e. The molecular weight excluding hydrogens is 297 g/mol. The summed E-state index contributed by atoms with van der Waals surface area (Å²) in [4.78, 5) is 0. The molecule has 0 aliphatic carbocycles. The van der Waals surface area contributed by atoms with Crippen molar-refractivity contribution in [3.63, 3.8) is 0 Å². The van der Waals surface area contributed by atoms with E-state index < -0.39 is 11.9 Å². The van der Waals surface area contributed by atoms with Gasteiger partial charge in [0.2, 0.25) is 0 Å². The highest BCUT2D eigenvalue weighted by Gasteiger charge is 2.06. The lowest BCUT2D eigenvalue weighted by molar-refractivity contribution is 0.00749. The van der Waals surface area contributed by atoms with E-state index in [0.29, 0.717) is 18.9 Å². The summed E-state index contributed by atoms with van der Waals surface area (Å²) >= 11 is 5.59. The Morgan fingerprint density at radius 3 is 2.76 bits per heavy atom. The number of hydrogen-bond donors (Lipinski definition) is 2. The van der Waals surface area contributed by atoms with Gasteiger partial charge in [-0.05, 0) is 24.6 Å². The molecule has 2 N–H and O–H groups in total. The Morgan fingerprint density at radius 1 is 1.29 bits per heavy atom. The molecule has 0 saturated heterocycles. The monoisotopic (exact) mass is 319 g/mol. The first-order valence-corrected chi connectivity index (χ1v) is 7.53. The van der Waals surface area contributed by atoms with Crippen molar-refractivity contribution < 1.29 is 19.0 Å². The van der Waals surface area contributed by atoms with Gasteiger partial charge >= 0.3 is 0 Å². The average molecular weight is 320 g/mol. The lowest BCUT2D eigenvalue weighted by Gasteiger charge is -2.13. The molecule has 6 heteroatoms. The van der Waals surface area contributed by atoms with Gasteiger partial charge in [0, 0.05) is 18.8 Å². The van der Waals surface area contributed by atoms with Crippen LogP contribution in [0.5, 0.6) is 0 Å². The van der Waals surface area contributed by atoms with Gasteiger partial charge in [0.25, 0.3) is 0 Å². The van der Waals surface area contributed by atoms with Crippen molar-refractivity contribution in [1.82, 2.24) is 0 Å². The lowest BCUT2D eigenvalue weighted by Crippen LogP contribution is -2.25. The number of aliphatic hydroxyl groups excluding tert-OH is 1. The fraction of sp³-hybridized carbons (Fsp3) is 0.600. The maximum atomic E-state index is 13.2. The van der Waals surface area contributed by atoms with Crippen LogP contribution in [0.3, 0.4) is 0 Å². The molecule has 0 spiro atoms. The second-order valence-corrected chi connectivity index (χ2v) is 5.11. The van der Waals surface area contributed by atoms with Crippen LogP contribution < -0.4 is 5.32 Å². The SMILES string of the molecule is CCCCOCCOCC(O)CNc1ccc(Cl)c(F)c1. The summed E-state index contributed by atoms with van der Waals surface area (Å²) in [5.74, 6) is -0.489. The second-order valence-electron chi connectivity index (χ2n) is 4.70. The first-order valence-electron chi connectivity index (χ1n) is 7.16. The largest absolute Gasteiger partial charge is 0.389 e. The van der Waals surface area contributed by atoms with E-state index in [4.69, 9.17) is 21.1 Å². The fourth-order valence-corrected chi connectivity index (χ4v) is 1.70. The highest BCUT2D eigenvalue weighted by Crippen LogP contribution is 2.18. The Labute approximate surface area is 130 Å². The molecule has 120 valence electrons. The summed E-state index contributed by atoms with van der Waals surface area (Å²) in [7, 11) is 0. The zero-order valence-corrected chi connectivity index (χ0v) is 13.0. The average Bonchev–Trinajstić information content (AvgIpc) is 2.47. The molecule has 1 aromatic carbocycles. The van der Waals surface area contributed by atoms with Crippen LogP contribution in [0.1, 0.15) is 19.8 Å². The summed E-state index contributed by atoms with van der Waals surface area (Å²) in [5, 5.41) is 12.7. The number of rotatable bonds is 11. The van der Waals surface area contributed by atoms with Gasteiger partial charge in [-0.25, -0.2) is 4.39 Å². The Balaban J connectivity index is 2.08. The Morgan fingerprint density at radius 2 is 2.05 bits per heavy atom. The van der Waals surface area contributed by atoms with Crippen molar-refractivity contribution in [3.05, 3.63) is 29.0 Å². The van der Waals surface area contributed by atoms with Gasteiger partial charge in [-0.3, -0.25) is 0 Å². The summed E-state index contributed by atoms with van der Waals surface area (Å²) in [5.41, 5.74) is 0.568. The van der Waals surface area contributed by atoms with Crippen molar-refractivity contribution in [2.24, 2.45) is 0 Å². The van der Waals surface area contributed by atoms with Crippen molar-refractivity contribution >= 4 is 17.3 Å². The van der Waals surface area contributed by atoms with Crippen molar-refractivity contribution in [2.45, 2.75) is 25.9 Å². The summed E-state index contributed by atoms with van der Waals surface area (Å²) < 4.78 is 23.8. The fourth-order valence-electron chi connectivity index (χ4n) is 1.59. The van der Waals surface area contributed by atoms with Gasteiger partial charge in [-0.2, -0.15) is 0 Å². The minimum Gasteiger partial charge on any atom is -0.389 e. The third-order valence-electron chi connectivity index (χ3n) is 2.79. The van der Waals surface area contributed by atoms with Gasteiger partial charge in [0.15, 0.2) is 0 Å². The lowest BCUT2D eigenvalue weighted by atomic mass is 10.3. The Hall–Kier alpha value is -0.880. The standard InChI is InChI=1S/C15H23ClFNO3/c1-2-3-6-20-7-8-21-11-13(19)10-18-12-4-5-14(16)15(17)9-12/h4-5,9,13,18-19H,2-3,6-8,10-11H2,1H3. The summed E-state index contributed by atoms with van der Waals surface area (Å²) in [6.07, 6.45) is 1.49. The van der Waals surface area contributed by atoms with Gasteiger partial charge in [-0.1, -0.05) is 24.9 Å². The number of halogens is 2. The second kappa shape index (κ2) is 10.8. The maximum Gasteiger partial charge on any atom is 0.143 e. The summed E-state index contributed by atoms with van der Waals surface area (Å²) in [6, 6.07) is 4.41. The summed E-state index contributed by atoms with van der Waals surface area (Å²) in [6.45, 7) is 4.32. The number of anilines is 1. The molecule has 0 radical (unpaired) electrons. The predicted octanol–water partition coefficient (Wildman–Crippen LogP) is 3.09. The molecule has 21 heavy (non-hydrogen) atoms. The number of unbranched alkanes of at least 4 members (excludes halogenated alkanes) is 1. The molecule has 0 saturated carbocycles. The predicted molar refractivity (Wildman–Crippen MR) is 82.5 cm³/mol. The molecule has 1 unspecified atom stereocenters. The van der Waals surface area contributed by atoms with Crippen LogP contribution in [0.4, 0.5) is 10.1 Å². The zero-order valence-electron chi connectivity index (χ0n) is 12.3. The van der Waals surface area contributed by atoms with E-state index in [2.05, 4.69) is 12.2 Å². The van der Waals surface area contributed by atoms with Crippen LogP contribution in [0.15, 0.2) is 18.2 Å². The van der Waals surface area contributed by atoms with Crippen molar-refractivity contribution in [3.8, 4) is 0 Å². The van der Waals surface area contributed by atoms with E-state index >= 15 is 0 Å². The first kappa shape index (κ1) is 18.2. The van der Waals surface area contributed by atoms with Crippen LogP contribution in [0, 0.1) is 5.82 Å². The van der Waals surface area contributed by atoms with Gasteiger partial charge in [0.05, 0.1) is 30.9 Å². The Kier molecular flexibility index (Phi) is 9.34. The molecule has 1 rings (SSSR count). The molecule has 0 aliphatic rings. The Bertz CT molecular complexity index is 407. The van der Waals surface area contributed by atoms with Gasteiger partial charge < -0.3 is 19.9 Å². The number of ether oxygens (including phenoxy) is 2. The number of aliphatic hydroxyl groups is 1. The third kappa shape index (κ3) is 8.21. The molecular formula is C15H23ClFNO3. The van der Waals surface area contributed by atoms with Gasteiger partial charge in [-0.15, -0.1) is 0 Å². The number of nitrogens with one attached hydrogen (secondary N) is 1. The first-order chi connectivity index (χ1) is 10.1. The molecule has 1 aromatic rings. The normalized spacial score (nSPS) is 12.4. The number of hydrogen-bond acceptors (Lipinski definition) is 4. The van der Waals surface area contributed by atoms with Crippen LogP contribution in [-0.2, 0) is 9.47 Å². The molecule has 1 atom stereocenters. The molecule has 0 bridgehead atoms. The molecule has 0 amide bonds. The van der Waals surface area contributed by atoms with E-state index in [-0.39, 0.29) is 18.2 Å². The topological polar surface area (TPSA) is 50.7 Å². The molecule has 0 heterocycles. The van der Waals surface area contributed by atoms with Gasteiger partial charge in [0.1, 0.15) is 5.82 Å². The van der Waals surface area contributed by atoms with Crippen LogP contribution in [0.25, 0.3) is 0 Å². The number of benzene rings is 1. The quantitative estimate of drug-likeness (QED) is 0.615. The van der Waals surface area contributed by atoms with Crippen molar-refractivity contribution in [1.29, 1.82) is 0 Å². The molecule has 0 aliphatic heterocycles. The zero-order chi connectivity index (χ0) is 15.5. The molecule has 0 aromatic heterocycles. The van der Waals surface area contributed by atoms with E-state index in [0.717, 1.165) is 19.4 Å². The van der Waals surface area contributed by atoms with E-state index in [9.17, 15) is 9.50 Å². The van der Waals surface area contributed by atoms with Crippen LogP contribution >= 0.6 is 11.6 Å². The van der Waals surface area contributed by atoms with Crippen LogP contribution in [-0.4, -0.2) is 44.2 Å². The minimum atomic E-state index is -0.667. The molecule has 4 nitrogen and oxygen atoms in total. The highest BCUT2D eigenvalue weighted by molar-refractivity contribution is 6.30. The minimum absolute atomic E-state index is 0.0764. The van der Waals surface area contributed by atoms with E-state index in [1.165, 1.54) is 12.1 Å². The third-order valence-corrected chi connectivity index (χ3v) is 3.09. The maximum absolute atomic E-state index is 13.2. The van der Waals surface area contributed by atoms with Crippen LogP contribution in [0.2, 0.25) is 5.02 Å². The molecule has 0 fully saturated rings. The van der Waals surface area contributed by atoms with Crippen molar-refractivity contribution in [2.75, 3.05) is 38.3 Å². The van der Waals surface area contributed by atoms with E-state index in [1.807, 2.05) is 0 Å². The highest BCUT2D eigenvalue weighted by atomic mass is 35.5.